The molecule has 0 radical (unpaired) electrons. The van der Waals surface area contributed by atoms with Crippen LogP contribution in [0.25, 0.3) is 0 Å². The quantitative estimate of drug-likeness (QED) is 0.933. The summed E-state index contributed by atoms with van der Waals surface area (Å²) < 4.78 is 5.28. The van der Waals surface area contributed by atoms with Gasteiger partial charge in [-0.05, 0) is 32.3 Å². The highest BCUT2D eigenvalue weighted by atomic mass is 16.5. The summed E-state index contributed by atoms with van der Waals surface area (Å²) in [5.74, 6) is 0.595. The number of nitrogens with one attached hydrogen (secondary N) is 1. The summed E-state index contributed by atoms with van der Waals surface area (Å²) in [6.07, 6.45) is 6.01. The van der Waals surface area contributed by atoms with E-state index in [1.807, 2.05) is 6.07 Å². The molecule has 1 aliphatic carbocycles. The number of aromatic nitrogens is 1. The smallest absolute Gasteiger partial charge is 0.217 e. The number of anilines is 1. The van der Waals surface area contributed by atoms with Crippen molar-refractivity contribution in [3.8, 4) is 5.88 Å². The van der Waals surface area contributed by atoms with Gasteiger partial charge < -0.3 is 15.0 Å². The van der Waals surface area contributed by atoms with Crippen molar-refractivity contribution in [1.29, 1.82) is 0 Å². The van der Waals surface area contributed by atoms with Crippen LogP contribution in [0.2, 0.25) is 0 Å². The average molecular weight is 303 g/mol. The van der Waals surface area contributed by atoms with Gasteiger partial charge in [-0.3, -0.25) is 4.79 Å². The number of pyridine rings is 1. The van der Waals surface area contributed by atoms with Gasteiger partial charge in [0.2, 0.25) is 11.8 Å². The van der Waals surface area contributed by atoms with Crippen LogP contribution in [0.4, 0.5) is 5.69 Å². The van der Waals surface area contributed by atoms with Gasteiger partial charge in [0.05, 0.1) is 24.5 Å². The Morgan fingerprint density at radius 2 is 2.09 bits per heavy atom. The highest BCUT2D eigenvalue weighted by Crippen LogP contribution is 2.41. The van der Waals surface area contributed by atoms with Crippen LogP contribution in [0, 0.1) is 0 Å². The molecular formula is C17H25N3O2. The minimum Gasteiger partial charge on any atom is -0.481 e. The van der Waals surface area contributed by atoms with Crippen LogP contribution in [0.15, 0.2) is 12.1 Å². The van der Waals surface area contributed by atoms with Crippen molar-refractivity contribution in [3.05, 3.63) is 17.8 Å². The Kier molecular flexibility index (Phi) is 4.23. The van der Waals surface area contributed by atoms with Gasteiger partial charge in [0.1, 0.15) is 0 Å². The zero-order chi connectivity index (χ0) is 15.7. The fraction of sp³-hybridized carbons (Fsp3) is 0.647. The molecule has 2 heterocycles. The molecule has 1 N–H and O–H groups in total. The van der Waals surface area contributed by atoms with E-state index in [1.54, 1.807) is 14.0 Å². The number of fused-ring (bicyclic) bond motifs is 1. The molecule has 0 spiro atoms. The molecule has 3 rings (SSSR count). The molecule has 1 aromatic rings. The number of rotatable bonds is 3. The first-order valence-corrected chi connectivity index (χ1v) is 8.20. The van der Waals surface area contributed by atoms with Crippen molar-refractivity contribution in [3.63, 3.8) is 0 Å². The molecule has 1 amide bonds. The van der Waals surface area contributed by atoms with Crippen molar-refractivity contribution >= 4 is 11.6 Å². The average Bonchev–Trinajstić information content (AvgIpc) is 3.00. The van der Waals surface area contributed by atoms with E-state index < -0.39 is 0 Å². The second kappa shape index (κ2) is 6.15. The Morgan fingerprint density at radius 3 is 2.73 bits per heavy atom. The Bertz CT molecular complexity index is 555. The van der Waals surface area contributed by atoms with Gasteiger partial charge >= 0.3 is 0 Å². The minimum absolute atomic E-state index is 0.0120. The summed E-state index contributed by atoms with van der Waals surface area (Å²) in [6.45, 7) is 3.81. The number of hydrogen-bond donors (Lipinski definition) is 1. The monoisotopic (exact) mass is 303 g/mol. The van der Waals surface area contributed by atoms with Crippen molar-refractivity contribution in [1.82, 2.24) is 10.3 Å². The van der Waals surface area contributed by atoms with E-state index in [-0.39, 0.29) is 11.9 Å². The SMILES string of the molecule is COc1ccc2c(n1)C(NC(C)=O)CC(C)N2C1CCCC1. The first-order chi connectivity index (χ1) is 10.6. The van der Waals surface area contributed by atoms with Crippen LogP contribution < -0.4 is 15.0 Å². The van der Waals surface area contributed by atoms with Crippen LogP contribution in [0.5, 0.6) is 5.88 Å². The second-order valence-electron chi connectivity index (χ2n) is 6.44. The first kappa shape index (κ1) is 15.1. The van der Waals surface area contributed by atoms with E-state index in [4.69, 9.17) is 4.74 Å². The molecule has 1 aromatic heterocycles. The number of hydrogen-bond acceptors (Lipinski definition) is 4. The van der Waals surface area contributed by atoms with Gasteiger partial charge in [-0.2, -0.15) is 0 Å². The van der Waals surface area contributed by atoms with Gasteiger partial charge in [0.25, 0.3) is 0 Å². The summed E-state index contributed by atoms with van der Waals surface area (Å²) in [5, 5.41) is 3.05. The number of methoxy groups -OCH3 is 1. The molecule has 2 aliphatic rings. The van der Waals surface area contributed by atoms with E-state index in [2.05, 4.69) is 28.2 Å². The molecule has 2 atom stereocenters. The van der Waals surface area contributed by atoms with Crippen LogP contribution in [0.1, 0.15) is 57.7 Å². The molecule has 1 fully saturated rings. The molecule has 1 saturated carbocycles. The lowest BCUT2D eigenvalue weighted by Crippen LogP contribution is -2.47. The maximum absolute atomic E-state index is 11.5. The molecule has 2 unspecified atom stereocenters. The molecule has 0 saturated heterocycles. The van der Waals surface area contributed by atoms with Gasteiger partial charge in [-0.15, -0.1) is 0 Å². The third-order valence-electron chi connectivity index (χ3n) is 4.84. The van der Waals surface area contributed by atoms with Crippen LogP contribution in [0.3, 0.4) is 0 Å². The lowest BCUT2D eigenvalue weighted by Gasteiger charge is -2.43. The van der Waals surface area contributed by atoms with Crippen molar-refractivity contribution < 1.29 is 9.53 Å². The second-order valence-corrected chi connectivity index (χ2v) is 6.44. The van der Waals surface area contributed by atoms with Crippen molar-refractivity contribution in [2.24, 2.45) is 0 Å². The lowest BCUT2D eigenvalue weighted by atomic mass is 9.93. The zero-order valence-corrected chi connectivity index (χ0v) is 13.6. The van der Waals surface area contributed by atoms with Crippen molar-refractivity contribution in [2.45, 2.75) is 64.1 Å². The summed E-state index contributed by atoms with van der Waals surface area (Å²) in [5.41, 5.74) is 2.10. The van der Waals surface area contributed by atoms with Crippen molar-refractivity contribution in [2.75, 3.05) is 12.0 Å². The van der Waals surface area contributed by atoms with E-state index >= 15 is 0 Å². The fourth-order valence-corrected chi connectivity index (χ4v) is 3.95. The summed E-state index contributed by atoms with van der Waals surface area (Å²) in [4.78, 5) is 18.7. The molecule has 5 heteroatoms. The van der Waals surface area contributed by atoms with Crippen LogP contribution >= 0.6 is 0 Å². The largest absolute Gasteiger partial charge is 0.481 e. The summed E-state index contributed by atoms with van der Waals surface area (Å²) in [7, 11) is 1.63. The zero-order valence-electron chi connectivity index (χ0n) is 13.6. The maximum Gasteiger partial charge on any atom is 0.217 e. The van der Waals surface area contributed by atoms with E-state index in [0.29, 0.717) is 18.0 Å². The topological polar surface area (TPSA) is 54.5 Å². The third-order valence-corrected chi connectivity index (χ3v) is 4.84. The number of ether oxygens (including phenoxy) is 1. The maximum atomic E-state index is 11.5. The molecule has 0 aromatic carbocycles. The Balaban J connectivity index is 2.00. The predicted molar refractivity (Wildman–Crippen MR) is 86.2 cm³/mol. The van der Waals surface area contributed by atoms with E-state index in [1.165, 1.54) is 25.7 Å². The molecule has 5 nitrogen and oxygen atoms in total. The predicted octanol–water partition coefficient (Wildman–Crippen LogP) is 2.81. The Morgan fingerprint density at radius 1 is 1.36 bits per heavy atom. The highest BCUT2D eigenvalue weighted by molar-refractivity contribution is 5.74. The van der Waals surface area contributed by atoms with Crippen LogP contribution in [-0.4, -0.2) is 30.1 Å². The molecular weight excluding hydrogens is 278 g/mol. The number of nitrogens with zero attached hydrogens (tertiary/aromatic N) is 2. The standard InChI is InChI=1S/C17H25N3O2/c1-11-10-14(18-12(2)21)17-15(8-9-16(19-17)22-3)20(11)13-6-4-5-7-13/h8-9,11,13-14H,4-7,10H2,1-3H3,(H,18,21). The van der Waals surface area contributed by atoms with Gasteiger partial charge in [0.15, 0.2) is 0 Å². The highest BCUT2D eigenvalue weighted by Gasteiger charge is 2.36. The number of amides is 1. The molecule has 1 aliphatic heterocycles. The third kappa shape index (κ3) is 2.76. The normalized spacial score (nSPS) is 25.0. The lowest BCUT2D eigenvalue weighted by molar-refractivity contribution is -0.119. The van der Waals surface area contributed by atoms with E-state index in [9.17, 15) is 4.79 Å². The minimum atomic E-state index is -0.0322. The van der Waals surface area contributed by atoms with Crippen LogP contribution in [-0.2, 0) is 4.79 Å². The van der Waals surface area contributed by atoms with Gasteiger partial charge in [-0.1, -0.05) is 12.8 Å². The van der Waals surface area contributed by atoms with E-state index in [0.717, 1.165) is 17.8 Å². The number of carbonyl (C=O) groups excluding carboxylic acids is 1. The van der Waals surface area contributed by atoms with Gasteiger partial charge in [0, 0.05) is 25.1 Å². The Hall–Kier alpha value is -1.78. The molecule has 22 heavy (non-hydrogen) atoms. The molecule has 0 bridgehead atoms. The Labute approximate surface area is 132 Å². The first-order valence-electron chi connectivity index (χ1n) is 8.20. The molecule has 120 valence electrons. The van der Waals surface area contributed by atoms with Gasteiger partial charge in [-0.25, -0.2) is 4.98 Å². The summed E-state index contributed by atoms with van der Waals surface area (Å²) in [6, 6.07) is 4.99. The fourth-order valence-electron chi connectivity index (χ4n) is 3.95. The summed E-state index contributed by atoms with van der Waals surface area (Å²) >= 11 is 0. The number of carbonyl (C=O) groups is 1.